The van der Waals surface area contributed by atoms with E-state index in [-0.39, 0.29) is 4.90 Å². The number of nitrogens with two attached hydrogens (primary N) is 1. The number of aromatic amines is 1. The highest BCUT2D eigenvalue weighted by Crippen LogP contribution is 2.28. The minimum Gasteiger partial charge on any atom is -0.324 e. The lowest BCUT2D eigenvalue weighted by molar-refractivity contribution is 0.598. The molecule has 0 aliphatic carbocycles. The monoisotopic (exact) mass is 381 g/mol. The van der Waals surface area contributed by atoms with Gasteiger partial charge in [0.1, 0.15) is 5.52 Å². The fourth-order valence-electron chi connectivity index (χ4n) is 2.72. The highest BCUT2D eigenvalue weighted by atomic mass is 32.2. The van der Waals surface area contributed by atoms with Gasteiger partial charge in [0.25, 0.3) is 0 Å². The molecule has 9 nitrogen and oxygen atoms in total. The Morgan fingerprint density at radius 2 is 1.96 bits per heavy atom. The van der Waals surface area contributed by atoms with Crippen molar-refractivity contribution in [3.63, 3.8) is 0 Å². The summed E-state index contributed by atoms with van der Waals surface area (Å²) in [6.45, 7) is 1.90. The molecule has 0 saturated heterocycles. The average Bonchev–Trinajstić information content (AvgIpc) is 3.12. The molecule has 0 amide bonds. The Balaban J connectivity index is 1.75. The largest absolute Gasteiger partial charge is 0.324 e. The maximum Gasteiger partial charge on any atom is 0.238 e. The van der Waals surface area contributed by atoms with E-state index >= 15 is 0 Å². The lowest BCUT2D eigenvalue weighted by Crippen LogP contribution is -2.12. The number of anilines is 2. The van der Waals surface area contributed by atoms with E-state index in [1.54, 1.807) is 18.3 Å². The molecule has 27 heavy (non-hydrogen) atoms. The van der Waals surface area contributed by atoms with Crippen molar-refractivity contribution in [1.29, 1.82) is 0 Å². The zero-order valence-electron chi connectivity index (χ0n) is 14.2. The van der Waals surface area contributed by atoms with Crippen LogP contribution in [0.25, 0.3) is 22.3 Å². The zero-order valence-corrected chi connectivity index (χ0v) is 15.0. The molecule has 0 aliphatic heterocycles. The molecule has 2 heterocycles. The lowest BCUT2D eigenvalue weighted by Gasteiger charge is -2.10. The number of aryl methyl sites for hydroxylation is 1. The number of benzene rings is 2. The molecule has 4 rings (SSSR count). The summed E-state index contributed by atoms with van der Waals surface area (Å²) in [4.78, 5) is 8.85. The molecule has 0 atom stereocenters. The number of aromatic nitrogens is 5. The number of H-pyrrole nitrogens is 1. The van der Waals surface area contributed by atoms with Crippen LogP contribution in [0.15, 0.2) is 53.6 Å². The van der Waals surface area contributed by atoms with Gasteiger partial charge in [-0.15, -0.1) is 5.10 Å². The lowest BCUT2D eigenvalue weighted by atomic mass is 10.1. The topological polar surface area (TPSA) is 140 Å². The number of hydrogen-bond acceptors (Lipinski definition) is 7. The van der Waals surface area contributed by atoms with E-state index in [9.17, 15) is 8.42 Å². The number of nitrogens with one attached hydrogen (secondary N) is 2. The highest BCUT2D eigenvalue weighted by Gasteiger charge is 2.13. The fourth-order valence-corrected chi connectivity index (χ4v) is 3.28. The fraction of sp³-hybridized carbons (Fsp3) is 0.0588. The Morgan fingerprint density at radius 1 is 1.15 bits per heavy atom. The van der Waals surface area contributed by atoms with Gasteiger partial charge in [-0.2, -0.15) is 0 Å². The van der Waals surface area contributed by atoms with Gasteiger partial charge in [-0.05, 0) is 36.8 Å². The molecule has 0 aliphatic rings. The van der Waals surface area contributed by atoms with Crippen LogP contribution in [0.5, 0.6) is 0 Å². The summed E-state index contributed by atoms with van der Waals surface area (Å²) in [6, 6.07) is 11.8. The molecule has 10 heteroatoms. The van der Waals surface area contributed by atoms with Crippen LogP contribution < -0.4 is 10.5 Å². The van der Waals surface area contributed by atoms with Crippen LogP contribution in [-0.2, 0) is 10.0 Å². The minimum atomic E-state index is -3.79. The normalized spacial score (nSPS) is 11.6. The molecule has 0 unspecified atom stereocenters. The van der Waals surface area contributed by atoms with Crippen molar-refractivity contribution in [2.24, 2.45) is 5.14 Å². The Labute approximate surface area is 154 Å². The van der Waals surface area contributed by atoms with Gasteiger partial charge in [0, 0.05) is 17.4 Å². The summed E-state index contributed by atoms with van der Waals surface area (Å²) < 4.78 is 23.0. The molecule has 2 aromatic heterocycles. The predicted molar refractivity (Wildman–Crippen MR) is 101 cm³/mol. The van der Waals surface area contributed by atoms with Crippen molar-refractivity contribution in [1.82, 2.24) is 25.4 Å². The van der Waals surface area contributed by atoms with Crippen LogP contribution >= 0.6 is 0 Å². The van der Waals surface area contributed by atoms with Gasteiger partial charge in [0.15, 0.2) is 0 Å². The van der Waals surface area contributed by atoms with Gasteiger partial charge >= 0.3 is 0 Å². The van der Waals surface area contributed by atoms with E-state index in [4.69, 9.17) is 5.14 Å². The Kier molecular flexibility index (Phi) is 4.05. The Hall–Kier alpha value is -3.37. The summed E-state index contributed by atoms with van der Waals surface area (Å²) >= 11 is 0. The highest BCUT2D eigenvalue weighted by molar-refractivity contribution is 7.89. The van der Waals surface area contributed by atoms with Crippen LogP contribution in [-0.4, -0.2) is 33.8 Å². The molecule has 0 saturated carbocycles. The number of primary sulfonamides is 1. The number of sulfonamides is 1. The van der Waals surface area contributed by atoms with Crippen molar-refractivity contribution in [2.75, 3.05) is 5.32 Å². The number of rotatable bonds is 4. The van der Waals surface area contributed by atoms with Gasteiger partial charge in [0.2, 0.25) is 16.0 Å². The van der Waals surface area contributed by atoms with E-state index in [1.165, 1.54) is 12.1 Å². The van der Waals surface area contributed by atoms with Crippen LogP contribution in [0.2, 0.25) is 0 Å². The second-order valence-corrected chi connectivity index (χ2v) is 7.50. The number of hydrogen-bond donors (Lipinski definition) is 3. The van der Waals surface area contributed by atoms with Crippen molar-refractivity contribution >= 4 is 32.7 Å². The van der Waals surface area contributed by atoms with E-state index in [0.717, 1.165) is 16.6 Å². The van der Waals surface area contributed by atoms with Gasteiger partial charge in [-0.1, -0.05) is 23.4 Å². The molecule has 136 valence electrons. The second kappa shape index (κ2) is 6.41. The van der Waals surface area contributed by atoms with Crippen LogP contribution in [0.3, 0.4) is 0 Å². The van der Waals surface area contributed by atoms with Crippen LogP contribution in [0, 0.1) is 6.92 Å². The standard InChI is InChI=1S/C17H15N7O2S/c1-10-9-19-17(20-11-4-2-5-12(8-11)27(18,25)26)21-15(10)13-6-3-7-14-16(13)23-24-22-14/h2-9H,1H3,(H2,18,25,26)(H,19,20,21)(H,22,23,24). The number of fused-ring (bicyclic) bond motifs is 1. The summed E-state index contributed by atoms with van der Waals surface area (Å²) in [5, 5.41) is 19.0. The molecule has 0 spiro atoms. The van der Waals surface area contributed by atoms with E-state index in [1.807, 2.05) is 25.1 Å². The van der Waals surface area contributed by atoms with E-state index < -0.39 is 10.0 Å². The van der Waals surface area contributed by atoms with Gasteiger partial charge in [-0.3, -0.25) is 5.10 Å². The first kappa shape index (κ1) is 17.1. The molecule has 0 fully saturated rings. The Bertz CT molecular complexity index is 1250. The summed E-state index contributed by atoms with van der Waals surface area (Å²) in [6.07, 6.45) is 1.69. The van der Waals surface area contributed by atoms with Gasteiger partial charge < -0.3 is 5.32 Å². The zero-order chi connectivity index (χ0) is 19.0. The first-order valence-electron chi connectivity index (χ1n) is 7.95. The molecule has 2 aromatic carbocycles. The molecular formula is C17H15N7O2S. The van der Waals surface area contributed by atoms with Crippen molar-refractivity contribution in [3.8, 4) is 11.3 Å². The van der Waals surface area contributed by atoms with E-state index in [0.29, 0.717) is 22.8 Å². The van der Waals surface area contributed by atoms with E-state index in [2.05, 4.69) is 30.7 Å². The molecule has 0 radical (unpaired) electrons. The first-order chi connectivity index (χ1) is 12.9. The minimum absolute atomic E-state index is 0.00667. The molecule has 4 aromatic rings. The molecule has 4 N–H and O–H groups in total. The van der Waals surface area contributed by atoms with Crippen LogP contribution in [0.4, 0.5) is 11.6 Å². The predicted octanol–water partition coefficient (Wildman–Crippen LogP) is 2.11. The maximum absolute atomic E-state index is 11.5. The second-order valence-electron chi connectivity index (χ2n) is 5.94. The van der Waals surface area contributed by atoms with Gasteiger partial charge in [0.05, 0.1) is 16.1 Å². The summed E-state index contributed by atoms with van der Waals surface area (Å²) in [5.74, 6) is 0.322. The quantitative estimate of drug-likeness (QED) is 0.492. The third kappa shape index (κ3) is 3.35. The van der Waals surface area contributed by atoms with Crippen molar-refractivity contribution < 1.29 is 8.42 Å². The van der Waals surface area contributed by atoms with Gasteiger partial charge in [-0.25, -0.2) is 23.5 Å². The third-order valence-corrected chi connectivity index (χ3v) is 4.91. The third-order valence-electron chi connectivity index (χ3n) is 4.00. The Morgan fingerprint density at radius 3 is 2.78 bits per heavy atom. The SMILES string of the molecule is Cc1cnc(Nc2cccc(S(N)(=O)=O)c2)nc1-c1cccc2[nH]nnc12. The average molecular weight is 381 g/mol. The van der Waals surface area contributed by atoms with Crippen molar-refractivity contribution in [2.45, 2.75) is 11.8 Å². The van der Waals surface area contributed by atoms with Crippen LogP contribution in [0.1, 0.15) is 5.56 Å². The molecule has 0 bridgehead atoms. The smallest absolute Gasteiger partial charge is 0.238 e. The first-order valence-corrected chi connectivity index (χ1v) is 9.50. The van der Waals surface area contributed by atoms with Crippen molar-refractivity contribution in [3.05, 3.63) is 54.2 Å². The summed E-state index contributed by atoms with van der Waals surface area (Å²) in [5.41, 5.74) is 4.42. The molecular weight excluding hydrogens is 366 g/mol. The maximum atomic E-state index is 11.5. The number of nitrogens with zero attached hydrogens (tertiary/aromatic N) is 4. The summed E-state index contributed by atoms with van der Waals surface area (Å²) in [7, 11) is -3.79.